The van der Waals surface area contributed by atoms with Gasteiger partial charge < -0.3 is 20.1 Å². The first-order chi connectivity index (χ1) is 14.6. The highest BCUT2D eigenvalue weighted by Gasteiger charge is 2.24. The van der Waals surface area contributed by atoms with E-state index in [4.69, 9.17) is 9.47 Å². The van der Waals surface area contributed by atoms with E-state index in [9.17, 15) is 9.59 Å². The third-order valence-electron chi connectivity index (χ3n) is 5.75. The van der Waals surface area contributed by atoms with Crippen LogP contribution in [0.3, 0.4) is 0 Å². The summed E-state index contributed by atoms with van der Waals surface area (Å²) in [6.45, 7) is 2.54. The third kappa shape index (κ3) is 4.58. The predicted molar refractivity (Wildman–Crippen MR) is 114 cm³/mol. The molecule has 0 aromatic heterocycles. The molecule has 0 fully saturated rings. The lowest BCUT2D eigenvalue weighted by molar-refractivity contribution is -0.140. The number of hydrogen-bond acceptors (Lipinski definition) is 4. The number of benzene rings is 2. The van der Waals surface area contributed by atoms with Gasteiger partial charge >= 0.3 is 11.8 Å². The van der Waals surface area contributed by atoms with Crippen molar-refractivity contribution in [3.63, 3.8) is 0 Å². The first-order valence-corrected chi connectivity index (χ1v) is 10.7. The monoisotopic (exact) mass is 408 g/mol. The van der Waals surface area contributed by atoms with E-state index in [2.05, 4.69) is 28.8 Å². The zero-order valence-electron chi connectivity index (χ0n) is 17.3. The van der Waals surface area contributed by atoms with Gasteiger partial charge in [-0.05, 0) is 60.9 Å². The average molecular weight is 408 g/mol. The second kappa shape index (κ2) is 9.20. The molecular weight excluding hydrogens is 380 g/mol. The summed E-state index contributed by atoms with van der Waals surface area (Å²) < 4.78 is 11.5. The Morgan fingerprint density at radius 3 is 2.60 bits per heavy atom. The van der Waals surface area contributed by atoms with Crippen LogP contribution in [0.25, 0.3) is 0 Å². The minimum absolute atomic E-state index is 0.184. The molecule has 1 aliphatic carbocycles. The zero-order valence-corrected chi connectivity index (χ0v) is 17.3. The molecular formula is C24H28N2O4. The molecule has 0 spiro atoms. The number of carbonyl (C=O) groups excluding carboxylic acids is 2. The summed E-state index contributed by atoms with van der Waals surface area (Å²) in [5.74, 6) is 0.0464. The van der Waals surface area contributed by atoms with Crippen LogP contribution in [0.5, 0.6) is 11.5 Å². The Bertz CT molecular complexity index is 927. The minimum atomic E-state index is -0.658. The van der Waals surface area contributed by atoms with E-state index in [-0.39, 0.29) is 18.7 Å². The van der Waals surface area contributed by atoms with E-state index in [1.807, 2.05) is 31.2 Å². The van der Waals surface area contributed by atoms with Crippen molar-refractivity contribution < 1.29 is 19.1 Å². The number of nitrogens with one attached hydrogen (secondary N) is 2. The van der Waals surface area contributed by atoms with Crippen molar-refractivity contribution in [3.05, 3.63) is 59.2 Å². The number of amides is 2. The van der Waals surface area contributed by atoms with Gasteiger partial charge in [0.25, 0.3) is 0 Å². The van der Waals surface area contributed by atoms with E-state index < -0.39 is 11.8 Å². The van der Waals surface area contributed by atoms with E-state index in [1.165, 1.54) is 24.0 Å². The number of fused-ring (bicyclic) bond motifs is 2. The fourth-order valence-corrected chi connectivity index (χ4v) is 4.07. The van der Waals surface area contributed by atoms with Crippen molar-refractivity contribution in [2.24, 2.45) is 0 Å². The smallest absolute Gasteiger partial charge is 0.309 e. The molecule has 2 aromatic rings. The van der Waals surface area contributed by atoms with Crippen LogP contribution in [0.4, 0.5) is 0 Å². The van der Waals surface area contributed by atoms with Gasteiger partial charge in [-0.2, -0.15) is 0 Å². The fourth-order valence-electron chi connectivity index (χ4n) is 4.07. The molecule has 0 radical (unpaired) electrons. The van der Waals surface area contributed by atoms with Crippen LogP contribution >= 0.6 is 0 Å². The summed E-state index contributed by atoms with van der Waals surface area (Å²) in [5, 5.41) is 5.53. The van der Waals surface area contributed by atoms with Crippen LogP contribution in [0.15, 0.2) is 42.5 Å². The Labute approximate surface area is 177 Å². The van der Waals surface area contributed by atoms with Gasteiger partial charge in [-0.3, -0.25) is 9.59 Å². The lowest BCUT2D eigenvalue weighted by atomic mass is 9.89. The molecule has 2 aromatic carbocycles. The molecule has 2 N–H and O–H groups in total. The molecule has 30 heavy (non-hydrogen) atoms. The standard InChI is InChI=1S/C24H28N2O4/c1-2-20(18-12-11-16-7-3-4-8-17(16)13-18)26-24(28)23(27)25-14-19-15-29-21-9-5-6-10-22(21)30-19/h5-6,9-13,19-20H,2-4,7-8,14-15H2,1H3,(H,25,27)(H,26,28). The Kier molecular flexibility index (Phi) is 6.21. The van der Waals surface area contributed by atoms with Crippen molar-refractivity contribution in [1.29, 1.82) is 0 Å². The predicted octanol–water partition coefficient (Wildman–Crippen LogP) is 3.09. The highest BCUT2D eigenvalue weighted by molar-refractivity contribution is 6.35. The molecule has 6 heteroatoms. The number of aryl methyl sites for hydroxylation is 2. The Morgan fingerprint density at radius 1 is 1.03 bits per heavy atom. The lowest BCUT2D eigenvalue weighted by Gasteiger charge is -2.26. The van der Waals surface area contributed by atoms with Gasteiger partial charge in [-0.1, -0.05) is 37.3 Å². The number of hydrogen-bond donors (Lipinski definition) is 2. The number of carbonyl (C=O) groups is 2. The van der Waals surface area contributed by atoms with Crippen LogP contribution in [0.1, 0.15) is 48.9 Å². The second-order valence-electron chi connectivity index (χ2n) is 7.88. The summed E-state index contributed by atoms with van der Waals surface area (Å²) in [6, 6.07) is 13.6. The highest BCUT2D eigenvalue weighted by atomic mass is 16.6. The minimum Gasteiger partial charge on any atom is -0.486 e. The van der Waals surface area contributed by atoms with Crippen LogP contribution in [0, 0.1) is 0 Å². The Hall–Kier alpha value is -3.02. The van der Waals surface area contributed by atoms with Crippen molar-refractivity contribution in [2.45, 2.75) is 51.2 Å². The van der Waals surface area contributed by atoms with Crippen molar-refractivity contribution in [3.8, 4) is 11.5 Å². The first kappa shape index (κ1) is 20.3. The highest BCUT2D eigenvalue weighted by Crippen LogP contribution is 2.30. The maximum atomic E-state index is 12.5. The molecule has 6 nitrogen and oxygen atoms in total. The summed E-state index contributed by atoms with van der Waals surface area (Å²) in [5.41, 5.74) is 3.82. The van der Waals surface area contributed by atoms with Crippen molar-refractivity contribution in [1.82, 2.24) is 10.6 Å². The topological polar surface area (TPSA) is 76.7 Å². The summed E-state index contributed by atoms with van der Waals surface area (Å²) in [4.78, 5) is 24.8. The van der Waals surface area contributed by atoms with E-state index in [1.54, 1.807) is 0 Å². The van der Waals surface area contributed by atoms with Crippen molar-refractivity contribution >= 4 is 11.8 Å². The van der Waals surface area contributed by atoms with Gasteiger partial charge in [0.1, 0.15) is 12.7 Å². The Balaban J connectivity index is 1.31. The van der Waals surface area contributed by atoms with Gasteiger partial charge in [0.15, 0.2) is 11.5 Å². The van der Waals surface area contributed by atoms with Crippen LogP contribution in [0.2, 0.25) is 0 Å². The maximum Gasteiger partial charge on any atom is 0.309 e. The van der Waals surface area contributed by atoms with Gasteiger partial charge in [0.2, 0.25) is 0 Å². The van der Waals surface area contributed by atoms with Gasteiger partial charge in [-0.25, -0.2) is 0 Å². The van der Waals surface area contributed by atoms with Crippen LogP contribution in [-0.4, -0.2) is 31.1 Å². The number of ether oxygens (including phenoxy) is 2. The molecule has 4 rings (SSSR count). The molecule has 1 heterocycles. The molecule has 2 aliphatic rings. The number of rotatable bonds is 5. The SMILES string of the molecule is CCC(NC(=O)C(=O)NCC1COc2ccccc2O1)c1ccc2c(c1)CCCC2. The number of para-hydroxylation sites is 2. The van der Waals surface area contributed by atoms with Crippen LogP contribution < -0.4 is 20.1 Å². The quantitative estimate of drug-likeness (QED) is 0.746. The van der Waals surface area contributed by atoms with Gasteiger partial charge in [-0.15, -0.1) is 0 Å². The summed E-state index contributed by atoms with van der Waals surface area (Å²) in [7, 11) is 0. The zero-order chi connectivity index (χ0) is 20.9. The van der Waals surface area contributed by atoms with E-state index >= 15 is 0 Å². The van der Waals surface area contributed by atoms with Crippen molar-refractivity contribution in [2.75, 3.05) is 13.2 Å². The van der Waals surface area contributed by atoms with E-state index in [0.29, 0.717) is 24.5 Å². The molecule has 2 unspecified atom stereocenters. The van der Waals surface area contributed by atoms with Crippen LogP contribution in [-0.2, 0) is 22.4 Å². The summed E-state index contributed by atoms with van der Waals surface area (Å²) in [6.07, 6.45) is 5.04. The van der Waals surface area contributed by atoms with E-state index in [0.717, 1.165) is 18.4 Å². The largest absolute Gasteiger partial charge is 0.486 e. The summed E-state index contributed by atoms with van der Waals surface area (Å²) >= 11 is 0. The Morgan fingerprint density at radius 2 is 1.80 bits per heavy atom. The third-order valence-corrected chi connectivity index (χ3v) is 5.75. The fraction of sp³-hybridized carbons (Fsp3) is 0.417. The van der Waals surface area contributed by atoms with Gasteiger partial charge in [0.05, 0.1) is 12.6 Å². The average Bonchev–Trinajstić information content (AvgIpc) is 2.80. The van der Waals surface area contributed by atoms with Gasteiger partial charge in [0, 0.05) is 0 Å². The molecule has 0 saturated carbocycles. The first-order valence-electron chi connectivity index (χ1n) is 10.7. The molecule has 158 valence electrons. The maximum absolute atomic E-state index is 12.5. The molecule has 1 aliphatic heterocycles. The molecule has 0 bridgehead atoms. The second-order valence-corrected chi connectivity index (χ2v) is 7.88. The molecule has 0 saturated heterocycles. The molecule has 2 amide bonds. The normalized spacial score (nSPS) is 18.1. The molecule has 2 atom stereocenters. The lowest BCUT2D eigenvalue weighted by Crippen LogP contribution is -2.46.